The lowest BCUT2D eigenvalue weighted by Crippen LogP contribution is -2.50. The minimum atomic E-state index is -2.18. The van der Waals surface area contributed by atoms with Gasteiger partial charge in [-0.25, -0.2) is 0 Å². The van der Waals surface area contributed by atoms with Crippen LogP contribution in [-0.4, -0.2) is 22.3 Å². The van der Waals surface area contributed by atoms with Crippen molar-refractivity contribution < 1.29 is 8.85 Å². The highest BCUT2D eigenvalue weighted by Crippen LogP contribution is 2.10. The van der Waals surface area contributed by atoms with Gasteiger partial charge in [-0.15, -0.1) is 0 Å². The molecule has 0 radical (unpaired) electrons. The van der Waals surface area contributed by atoms with Crippen LogP contribution in [0.5, 0.6) is 0 Å². The normalized spacial score (nSPS) is 16.8. The van der Waals surface area contributed by atoms with Gasteiger partial charge in [-0.2, -0.15) is 0 Å². The highest BCUT2D eigenvalue weighted by Gasteiger charge is 2.33. The molecule has 1 aromatic carbocycles. The molecule has 0 saturated carbocycles. The number of hydrogen-bond acceptors (Lipinski definition) is 2. The van der Waals surface area contributed by atoms with Crippen LogP contribution in [0.4, 0.5) is 0 Å². The molecule has 0 N–H and O–H groups in total. The van der Waals surface area contributed by atoms with Gasteiger partial charge in [0.2, 0.25) is 0 Å². The summed E-state index contributed by atoms with van der Waals surface area (Å²) in [4.78, 5) is 0. The first-order valence-electron chi connectivity index (χ1n) is 5.87. The summed E-state index contributed by atoms with van der Waals surface area (Å²) in [6.45, 7) is 7.27. The molecular formula is C13H22O2Si. The Morgan fingerprint density at radius 1 is 1.25 bits per heavy atom. The van der Waals surface area contributed by atoms with Crippen molar-refractivity contribution in [3.05, 3.63) is 30.3 Å². The Hall–Kier alpha value is -0.643. The van der Waals surface area contributed by atoms with E-state index >= 15 is 0 Å². The molecular weight excluding hydrogens is 216 g/mol. The van der Waals surface area contributed by atoms with Crippen LogP contribution in [0.1, 0.15) is 20.3 Å². The van der Waals surface area contributed by atoms with Crippen LogP contribution in [0.2, 0.25) is 6.55 Å². The van der Waals surface area contributed by atoms with Crippen LogP contribution in [0.3, 0.4) is 0 Å². The van der Waals surface area contributed by atoms with E-state index in [2.05, 4.69) is 32.5 Å². The molecule has 1 aromatic rings. The Bertz CT molecular complexity index is 302. The molecule has 0 aliphatic rings. The van der Waals surface area contributed by atoms with Gasteiger partial charge in [-0.05, 0) is 17.7 Å². The first kappa shape index (κ1) is 13.4. The van der Waals surface area contributed by atoms with Gasteiger partial charge in [-0.3, -0.25) is 0 Å². The second kappa shape index (κ2) is 6.18. The van der Waals surface area contributed by atoms with Gasteiger partial charge < -0.3 is 8.85 Å². The van der Waals surface area contributed by atoms with Crippen molar-refractivity contribution in [1.82, 2.24) is 0 Å². The second-order valence-corrected chi connectivity index (χ2v) is 7.51. The number of benzene rings is 1. The summed E-state index contributed by atoms with van der Waals surface area (Å²) in [6, 6.07) is 10.3. The van der Waals surface area contributed by atoms with Crippen molar-refractivity contribution >= 4 is 13.7 Å². The second-order valence-electron chi connectivity index (χ2n) is 4.34. The van der Waals surface area contributed by atoms with Crippen LogP contribution in [0, 0.1) is 5.92 Å². The predicted octanol–water partition coefficient (Wildman–Crippen LogP) is 2.67. The highest BCUT2D eigenvalue weighted by molar-refractivity contribution is 6.79. The Kier molecular flexibility index (Phi) is 5.18. The van der Waals surface area contributed by atoms with Gasteiger partial charge in [0.15, 0.2) is 0 Å². The Morgan fingerprint density at radius 2 is 1.88 bits per heavy atom. The molecule has 0 heterocycles. The minimum Gasteiger partial charge on any atom is -0.394 e. The SMILES string of the molecule is CCC(C)CO[Si](C)(OC)c1ccccc1. The van der Waals surface area contributed by atoms with Crippen molar-refractivity contribution in [3.63, 3.8) is 0 Å². The van der Waals surface area contributed by atoms with Crippen LogP contribution in [0.25, 0.3) is 0 Å². The fourth-order valence-electron chi connectivity index (χ4n) is 1.42. The molecule has 2 nitrogen and oxygen atoms in total. The molecule has 0 amide bonds. The lowest BCUT2D eigenvalue weighted by atomic mass is 10.1. The van der Waals surface area contributed by atoms with Crippen LogP contribution in [-0.2, 0) is 8.85 Å². The largest absolute Gasteiger partial charge is 0.394 e. The molecule has 0 bridgehead atoms. The van der Waals surface area contributed by atoms with E-state index in [1.165, 1.54) is 5.19 Å². The van der Waals surface area contributed by atoms with Crippen LogP contribution >= 0.6 is 0 Å². The summed E-state index contributed by atoms with van der Waals surface area (Å²) in [6.07, 6.45) is 1.14. The van der Waals surface area contributed by atoms with Crippen molar-refractivity contribution in [2.75, 3.05) is 13.7 Å². The summed E-state index contributed by atoms with van der Waals surface area (Å²) in [7, 11) is -0.433. The molecule has 0 aliphatic carbocycles. The Labute approximate surface area is 99.8 Å². The Balaban J connectivity index is 2.70. The first-order valence-corrected chi connectivity index (χ1v) is 8.18. The van der Waals surface area contributed by atoms with E-state index in [4.69, 9.17) is 8.85 Å². The molecule has 0 saturated heterocycles. The summed E-state index contributed by atoms with van der Waals surface area (Å²) in [5.41, 5.74) is 0. The lowest BCUT2D eigenvalue weighted by Gasteiger charge is -2.26. The third-order valence-electron chi connectivity index (χ3n) is 3.03. The average molecular weight is 238 g/mol. The van der Waals surface area contributed by atoms with Gasteiger partial charge in [-0.1, -0.05) is 50.6 Å². The van der Waals surface area contributed by atoms with E-state index in [0.29, 0.717) is 5.92 Å². The Morgan fingerprint density at radius 3 is 2.38 bits per heavy atom. The fraction of sp³-hybridized carbons (Fsp3) is 0.538. The van der Waals surface area contributed by atoms with Gasteiger partial charge >= 0.3 is 8.56 Å². The lowest BCUT2D eigenvalue weighted by molar-refractivity contribution is 0.185. The molecule has 2 atom stereocenters. The van der Waals surface area contributed by atoms with E-state index < -0.39 is 8.56 Å². The molecule has 16 heavy (non-hydrogen) atoms. The van der Waals surface area contributed by atoms with Gasteiger partial charge in [0.05, 0.1) is 0 Å². The number of rotatable bonds is 6. The quantitative estimate of drug-likeness (QED) is 0.709. The predicted molar refractivity (Wildman–Crippen MR) is 70.1 cm³/mol. The van der Waals surface area contributed by atoms with Crippen molar-refractivity contribution in [3.8, 4) is 0 Å². The molecule has 2 unspecified atom stereocenters. The van der Waals surface area contributed by atoms with Gasteiger partial charge in [0.25, 0.3) is 0 Å². The smallest absolute Gasteiger partial charge is 0.369 e. The zero-order valence-corrected chi connectivity index (χ0v) is 11.7. The molecule has 0 aromatic heterocycles. The topological polar surface area (TPSA) is 18.5 Å². The van der Waals surface area contributed by atoms with Crippen molar-refractivity contribution in [2.45, 2.75) is 26.8 Å². The molecule has 0 spiro atoms. The molecule has 0 fully saturated rings. The summed E-state index contributed by atoms with van der Waals surface area (Å²) in [5, 5.41) is 1.20. The monoisotopic (exact) mass is 238 g/mol. The molecule has 90 valence electrons. The maximum absolute atomic E-state index is 6.03. The van der Waals surface area contributed by atoms with Crippen LogP contribution < -0.4 is 5.19 Å². The van der Waals surface area contributed by atoms with E-state index in [-0.39, 0.29) is 0 Å². The van der Waals surface area contributed by atoms with Gasteiger partial charge in [0, 0.05) is 13.7 Å². The van der Waals surface area contributed by atoms with Gasteiger partial charge in [0.1, 0.15) is 0 Å². The van der Waals surface area contributed by atoms with E-state index in [1.807, 2.05) is 18.2 Å². The van der Waals surface area contributed by atoms with Crippen molar-refractivity contribution in [2.24, 2.45) is 5.92 Å². The van der Waals surface area contributed by atoms with Crippen LogP contribution in [0.15, 0.2) is 30.3 Å². The minimum absolute atomic E-state index is 0.589. The van der Waals surface area contributed by atoms with E-state index in [0.717, 1.165) is 13.0 Å². The maximum Gasteiger partial charge on any atom is 0.369 e. The van der Waals surface area contributed by atoms with E-state index in [1.54, 1.807) is 7.11 Å². The average Bonchev–Trinajstić information content (AvgIpc) is 2.36. The molecule has 3 heteroatoms. The zero-order chi connectivity index (χ0) is 12.0. The summed E-state index contributed by atoms with van der Waals surface area (Å²) in [5.74, 6) is 0.589. The third kappa shape index (κ3) is 3.44. The fourth-order valence-corrected chi connectivity index (χ4v) is 3.34. The molecule has 1 rings (SSSR count). The third-order valence-corrected chi connectivity index (χ3v) is 5.91. The molecule has 0 aliphatic heterocycles. The maximum atomic E-state index is 6.03. The first-order chi connectivity index (χ1) is 7.62. The standard InChI is InChI=1S/C13H22O2Si/c1-5-12(2)11-15-16(4,14-3)13-9-7-6-8-10-13/h6-10,12H,5,11H2,1-4H3. The van der Waals surface area contributed by atoms with Crippen molar-refractivity contribution in [1.29, 1.82) is 0 Å². The van der Waals surface area contributed by atoms with E-state index in [9.17, 15) is 0 Å². The summed E-state index contributed by atoms with van der Waals surface area (Å²) < 4.78 is 11.7. The summed E-state index contributed by atoms with van der Waals surface area (Å²) >= 11 is 0. The highest BCUT2D eigenvalue weighted by atomic mass is 28.4. The number of hydrogen-bond donors (Lipinski definition) is 0. The zero-order valence-electron chi connectivity index (χ0n) is 10.7.